The van der Waals surface area contributed by atoms with Gasteiger partial charge in [0.15, 0.2) is 9.84 Å². The normalized spacial score (nSPS) is 14.8. The summed E-state index contributed by atoms with van der Waals surface area (Å²) in [4.78, 5) is 12.6. The zero-order valence-electron chi connectivity index (χ0n) is 13.5. The second kappa shape index (κ2) is 6.26. The number of nitrogens with one attached hydrogen (secondary N) is 1. The minimum atomic E-state index is -3.25. The van der Waals surface area contributed by atoms with Crippen molar-refractivity contribution >= 4 is 33.2 Å². The topological polar surface area (TPSA) is 81.1 Å². The van der Waals surface area contributed by atoms with Crippen LogP contribution < -0.4 is 5.32 Å². The van der Waals surface area contributed by atoms with Crippen molar-refractivity contribution in [2.45, 2.75) is 11.5 Å². The number of fused-ring (bicyclic) bond motifs is 1. The summed E-state index contributed by atoms with van der Waals surface area (Å²) in [5.74, 6) is -0.254. The number of carbonyl (C=O) groups is 1. The molecule has 2 heterocycles. The molecule has 3 aromatic rings. The lowest BCUT2D eigenvalue weighted by atomic mass is 10.2. The average molecular weight is 388 g/mol. The van der Waals surface area contributed by atoms with Crippen LogP contribution in [0.25, 0.3) is 5.69 Å². The standard InChI is InChI=1S/C18H14ClN3O3S/c19-13-7-4-8-14(9-13)22-17(15-10-26(24,25)11-16(15)21-22)20-18(23)12-5-2-1-3-6-12/h1-9H,10-11H2,(H,20,23). The number of amides is 1. The van der Waals surface area contributed by atoms with Crippen LogP contribution in [0.1, 0.15) is 21.6 Å². The van der Waals surface area contributed by atoms with E-state index in [0.717, 1.165) is 0 Å². The van der Waals surface area contributed by atoms with Gasteiger partial charge in [0.05, 0.1) is 22.9 Å². The molecule has 0 bridgehead atoms. The zero-order chi connectivity index (χ0) is 18.3. The summed E-state index contributed by atoms with van der Waals surface area (Å²) in [6.07, 6.45) is 0. The second-order valence-corrected chi connectivity index (χ2v) is 8.52. The van der Waals surface area contributed by atoms with Crippen molar-refractivity contribution in [3.8, 4) is 5.69 Å². The van der Waals surface area contributed by atoms with Crippen molar-refractivity contribution in [1.29, 1.82) is 0 Å². The van der Waals surface area contributed by atoms with Gasteiger partial charge in [0.2, 0.25) is 0 Å². The number of aromatic nitrogens is 2. The van der Waals surface area contributed by atoms with Crippen LogP contribution in [0.15, 0.2) is 54.6 Å². The molecule has 1 aliphatic rings. The van der Waals surface area contributed by atoms with Crippen LogP contribution in [0.5, 0.6) is 0 Å². The molecule has 1 amide bonds. The maximum atomic E-state index is 12.6. The van der Waals surface area contributed by atoms with Crippen molar-refractivity contribution in [3.05, 3.63) is 76.4 Å². The van der Waals surface area contributed by atoms with E-state index in [1.54, 1.807) is 48.5 Å². The molecule has 132 valence electrons. The monoisotopic (exact) mass is 387 g/mol. The molecule has 0 atom stereocenters. The molecule has 1 aromatic heterocycles. The van der Waals surface area contributed by atoms with Crippen molar-refractivity contribution in [2.24, 2.45) is 0 Å². The Morgan fingerprint density at radius 1 is 1.08 bits per heavy atom. The number of rotatable bonds is 3. The Bertz CT molecular complexity index is 1110. The second-order valence-electron chi connectivity index (χ2n) is 6.02. The Morgan fingerprint density at radius 3 is 2.58 bits per heavy atom. The van der Waals surface area contributed by atoms with Crippen molar-refractivity contribution in [2.75, 3.05) is 5.32 Å². The number of benzene rings is 2. The van der Waals surface area contributed by atoms with Gasteiger partial charge in [0.1, 0.15) is 5.82 Å². The van der Waals surface area contributed by atoms with Crippen LogP contribution in [0.4, 0.5) is 5.82 Å². The van der Waals surface area contributed by atoms with E-state index >= 15 is 0 Å². The number of halogens is 1. The van der Waals surface area contributed by atoms with Gasteiger partial charge in [0.25, 0.3) is 5.91 Å². The van der Waals surface area contributed by atoms with Gasteiger partial charge in [-0.25, -0.2) is 13.1 Å². The third-order valence-electron chi connectivity index (χ3n) is 4.11. The number of hydrogen-bond acceptors (Lipinski definition) is 4. The molecular weight excluding hydrogens is 374 g/mol. The Morgan fingerprint density at radius 2 is 1.85 bits per heavy atom. The molecule has 0 saturated heterocycles. The molecule has 0 radical (unpaired) electrons. The molecule has 4 rings (SSSR count). The Kier molecular flexibility index (Phi) is 4.05. The SMILES string of the molecule is O=C(Nc1c2c(nn1-c1cccc(Cl)c1)CS(=O)(=O)C2)c1ccccc1. The summed E-state index contributed by atoms with van der Waals surface area (Å²) in [7, 11) is -3.25. The van der Waals surface area contributed by atoms with Crippen molar-refractivity contribution < 1.29 is 13.2 Å². The van der Waals surface area contributed by atoms with Crippen LogP contribution >= 0.6 is 11.6 Å². The highest BCUT2D eigenvalue weighted by atomic mass is 35.5. The third-order valence-corrected chi connectivity index (χ3v) is 5.79. The highest BCUT2D eigenvalue weighted by Crippen LogP contribution is 2.33. The molecule has 0 unspecified atom stereocenters. The number of sulfone groups is 1. The number of nitrogens with zero attached hydrogens (tertiary/aromatic N) is 2. The lowest BCUT2D eigenvalue weighted by Gasteiger charge is -2.11. The first-order valence-electron chi connectivity index (χ1n) is 7.86. The van der Waals surface area contributed by atoms with Gasteiger partial charge in [0, 0.05) is 16.1 Å². The predicted molar refractivity (Wildman–Crippen MR) is 99.3 cm³/mol. The van der Waals surface area contributed by atoms with E-state index in [1.807, 2.05) is 6.07 Å². The van der Waals surface area contributed by atoms with Gasteiger partial charge in [-0.3, -0.25) is 4.79 Å². The summed E-state index contributed by atoms with van der Waals surface area (Å²) in [5, 5.41) is 7.75. The summed E-state index contributed by atoms with van der Waals surface area (Å²) in [6, 6.07) is 15.7. The lowest BCUT2D eigenvalue weighted by Crippen LogP contribution is -2.16. The summed E-state index contributed by atoms with van der Waals surface area (Å²) < 4.78 is 25.5. The highest BCUT2D eigenvalue weighted by molar-refractivity contribution is 7.90. The van der Waals surface area contributed by atoms with Crippen LogP contribution in [-0.4, -0.2) is 24.1 Å². The summed E-state index contributed by atoms with van der Waals surface area (Å²) in [5.41, 5.74) is 2.09. The van der Waals surface area contributed by atoms with Crippen molar-refractivity contribution in [3.63, 3.8) is 0 Å². The van der Waals surface area contributed by atoms with Gasteiger partial charge < -0.3 is 5.32 Å². The number of anilines is 1. The van der Waals surface area contributed by atoms with E-state index in [1.165, 1.54) is 4.68 Å². The average Bonchev–Trinajstić information content (AvgIpc) is 3.08. The van der Waals surface area contributed by atoms with Gasteiger partial charge in [-0.1, -0.05) is 35.9 Å². The first-order valence-corrected chi connectivity index (χ1v) is 10.1. The molecule has 0 saturated carbocycles. The molecule has 0 fully saturated rings. The fourth-order valence-electron chi connectivity index (χ4n) is 2.93. The largest absolute Gasteiger partial charge is 0.306 e. The van der Waals surface area contributed by atoms with E-state index < -0.39 is 9.84 Å². The first-order chi connectivity index (χ1) is 12.4. The number of hydrogen-bond donors (Lipinski definition) is 1. The van der Waals surface area contributed by atoms with Crippen LogP contribution in [0.2, 0.25) is 5.02 Å². The lowest BCUT2D eigenvalue weighted by molar-refractivity contribution is 0.102. The molecule has 1 N–H and O–H groups in total. The van der Waals surface area contributed by atoms with E-state index in [0.29, 0.717) is 33.3 Å². The van der Waals surface area contributed by atoms with Crippen molar-refractivity contribution in [1.82, 2.24) is 9.78 Å². The molecule has 0 spiro atoms. The quantitative estimate of drug-likeness (QED) is 0.748. The van der Waals surface area contributed by atoms with Gasteiger partial charge >= 0.3 is 0 Å². The molecule has 26 heavy (non-hydrogen) atoms. The van der Waals surface area contributed by atoms with Crippen LogP contribution in [0.3, 0.4) is 0 Å². The Labute approximate surface area is 155 Å². The van der Waals surface area contributed by atoms with Crippen LogP contribution in [-0.2, 0) is 21.3 Å². The van der Waals surface area contributed by atoms with Crippen LogP contribution in [0, 0.1) is 0 Å². The van der Waals surface area contributed by atoms with E-state index in [9.17, 15) is 13.2 Å². The van der Waals surface area contributed by atoms with E-state index in [-0.39, 0.29) is 17.4 Å². The zero-order valence-corrected chi connectivity index (χ0v) is 15.1. The molecular formula is C18H14ClN3O3S. The number of carbonyl (C=O) groups excluding carboxylic acids is 1. The smallest absolute Gasteiger partial charge is 0.256 e. The molecule has 0 aliphatic carbocycles. The predicted octanol–water partition coefficient (Wildman–Crippen LogP) is 3.21. The maximum Gasteiger partial charge on any atom is 0.256 e. The van der Waals surface area contributed by atoms with Gasteiger partial charge in [-0.15, -0.1) is 0 Å². The Balaban J connectivity index is 1.80. The first kappa shape index (κ1) is 16.8. The third kappa shape index (κ3) is 3.11. The Hall–Kier alpha value is -2.64. The van der Waals surface area contributed by atoms with Gasteiger partial charge in [-0.2, -0.15) is 5.10 Å². The van der Waals surface area contributed by atoms with E-state index in [4.69, 9.17) is 11.6 Å². The fourth-order valence-corrected chi connectivity index (χ4v) is 4.61. The fraction of sp³-hybridized carbons (Fsp3) is 0.111. The maximum absolute atomic E-state index is 12.6. The molecule has 1 aliphatic heterocycles. The summed E-state index contributed by atoms with van der Waals surface area (Å²) in [6.45, 7) is 0. The molecule has 2 aromatic carbocycles. The van der Waals surface area contributed by atoms with Gasteiger partial charge in [-0.05, 0) is 30.3 Å². The molecule has 6 nitrogen and oxygen atoms in total. The minimum Gasteiger partial charge on any atom is -0.306 e. The van der Waals surface area contributed by atoms with E-state index in [2.05, 4.69) is 10.4 Å². The summed E-state index contributed by atoms with van der Waals surface area (Å²) >= 11 is 6.06. The minimum absolute atomic E-state index is 0.135. The highest BCUT2D eigenvalue weighted by Gasteiger charge is 2.33. The molecule has 8 heteroatoms.